The summed E-state index contributed by atoms with van der Waals surface area (Å²) in [5.74, 6) is 0.416. The normalized spacial score (nSPS) is 11.0. The summed E-state index contributed by atoms with van der Waals surface area (Å²) in [4.78, 5) is 0. The zero-order valence-corrected chi connectivity index (χ0v) is 10.0. The average molecular weight is 208 g/mol. The lowest BCUT2D eigenvalue weighted by molar-refractivity contribution is 0.599. The number of rotatable bonds is 5. The Balaban J connectivity index is 3.04. The summed E-state index contributed by atoms with van der Waals surface area (Å²) in [6.07, 6.45) is 4.37. The largest absolute Gasteiger partial charge is 0.207 e. The Bertz CT molecular complexity index is 300. The molecule has 0 spiro atoms. The maximum atomic E-state index is 13.2. The van der Waals surface area contributed by atoms with E-state index in [-0.39, 0.29) is 5.82 Å². The fourth-order valence-corrected chi connectivity index (χ4v) is 2.17. The van der Waals surface area contributed by atoms with Crippen LogP contribution in [0.15, 0.2) is 18.2 Å². The molecule has 0 heterocycles. The number of benzene rings is 1. The summed E-state index contributed by atoms with van der Waals surface area (Å²) in [7, 11) is 0. The molecule has 0 atom stereocenters. The monoisotopic (exact) mass is 208 g/mol. The van der Waals surface area contributed by atoms with Crippen LogP contribution in [0, 0.1) is 5.82 Å². The number of aryl methyl sites for hydroxylation is 1. The fraction of sp³-hybridized carbons (Fsp3) is 0.571. The van der Waals surface area contributed by atoms with Gasteiger partial charge in [0.2, 0.25) is 0 Å². The van der Waals surface area contributed by atoms with Crippen molar-refractivity contribution in [2.24, 2.45) is 0 Å². The third-order valence-electron chi connectivity index (χ3n) is 3.05. The molecule has 0 nitrogen and oxygen atoms in total. The van der Waals surface area contributed by atoms with Crippen LogP contribution in [0.5, 0.6) is 0 Å². The van der Waals surface area contributed by atoms with Crippen molar-refractivity contribution in [3.8, 4) is 0 Å². The predicted octanol–water partition coefficient (Wildman–Crippen LogP) is 4.68. The lowest BCUT2D eigenvalue weighted by atomic mass is 9.88. The van der Waals surface area contributed by atoms with E-state index in [0.717, 1.165) is 25.7 Å². The SMILES string of the molecule is CCCc1ccc(F)cc1C(CC)CC. The van der Waals surface area contributed by atoms with Crippen LogP contribution in [0.2, 0.25) is 0 Å². The minimum Gasteiger partial charge on any atom is -0.207 e. The van der Waals surface area contributed by atoms with Gasteiger partial charge in [0, 0.05) is 0 Å². The molecule has 0 saturated carbocycles. The zero-order valence-electron chi connectivity index (χ0n) is 10.0. The Kier molecular flexibility index (Phi) is 4.80. The van der Waals surface area contributed by atoms with Gasteiger partial charge in [0.25, 0.3) is 0 Å². The summed E-state index contributed by atoms with van der Waals surface area (Å²) in [5, 5.41) is 0. The summed E-state index contributed by atoms with van der Waals surface area (Å²) >= 11 is 0. The molecule has 0 aliphatic heterocycles. The third-order valence-corrected chi connectivity index (χ3v) is 3.05. The van der Waals surface area contributed by atoms with Gasteiger partial charge in [-0.1, -0.05) is 33.3 Å². The van der Waals surface area contributed by atoms with Crippen LogP contribution in [-0.2, 0) is 6.42 Å². The molecule has 15 heavy (non-hydrogen) atoms. The lowest BCUT2D eigenvalue weighted by Gasteiger charge is -2.17. The molecule has 0 saturated heterocycles. The molecule has 0 fully saturated rings. The van der Waals surface area contributed by atoms with E-state index in [9.17, 15) is 4.39 Å². The van der Waals surface area contributed by atoms with Gasteiger partial charge in [-0.3, -0.25) is 0 Å². The van der Waals surface area contributed by atoms with E-state index >= 15 is 0 Å². The van der Waals surface area contributed by atoms with Crippen molar-refractivity contribution in [2.45, 2.75) is 52.4 Å². The second-order valence-corrected chi connectivity index (χ2v) is 4.11. The first-order valence-corrected chi connectivity index (χ1v) is 6.01. The van der Waals surface area contributed by atoms with Gasteiger partial charge in [-0.2, -0.15) is 0 Å². The minimum absolute atomic E-state index is 0.100. The molecule has 1 aromatic rings. The highest BCUT2D eigenvalue weighted by Crippen LogP contribution is 2.27. The van der Waals surface area contributed by atoms with Crippen LogP contribution in [0.3, 0.4) is 0 Å². The van der Waals surface area contributed by atoms with Crippen molar-refractivity contribution in [3.63, 3.8) is 0 Å². The highest BCUT2D eigenvalue weighted by molar-refractivity contribution is 5.31. The van der Waals surface area contributed by atoms with E-state index in [1.165, 1.54) is 11.1 Å². The Morgan fingerprint density at radius 3 is 2.33 bits per heavy atom. The van der Waals surface area contributed by atoms with Gasteiger partial charge in [-0.25, -0.2) is 4.39 Å². The van der Waals surface area contributed by atoms with E-state index in [2.05, 4.69) is 20.8 Å². The van der Waals surface area contributed by atoms with Crippen molar-refractivity contribution in [1.29, 1.82) is 0 Å². The number of hydrogen-bond donors (Lipinski definition) is 0. The van der Waals surface area contributed by atoms with E-state index in [1.54, 1.807) is 12.1 Å². The molecular weight excluding hydrogens is 187 g/mol. The molecule has 0 unspecified atom stereocenters. The van der Waals surface area contributed by atoms with Crippen LogP contribution >= 0.6 is 0 Å². The minimum atomic E-state index is -0.100. The maximum absolute atomic E-state index is 13.2. The van der Waals surface area contributed by atoms with Gasteiger partial charge < -0.3 is 0 Å². The summed E-state index contributed by atoms with van der Waals surface area (Å²) < 4.78 is 13.2. The van der Waals surface area contributed by atoms with Crippen LogP contribution in [0.25, 0.3) is 0 Å². The van der Waals surface area contributed by atoms with Crippen LogP contribution in [0.4, 0.5) is 4.39 Å². The fourth-order valence-electron chi connectivity index (χ4n) is 2.17. The van der Waals surface area contributed by atoms with Gasteiger partial charge in [0.15, 0.2) is 0 Å². The second-order valence-electron chi connectivity index (χ2n) is 4.11. The Labute approximate surface area is 92.5 Å². The Hall–Kier alpha value is -0.850. The van der Waals surface area contributed by atoms with Crippen LogP contribution in [0.1, 0.15) is 57.1 Å². The molecule has 0 aliphatic rings. The van der Waals surface area contributed by atoms with E-state index in [1.807, 2.05) is 6.07 Å². The number of hydrogen-bond acceptors (Lipinski definition) is 0. The maximum Gasteiger partial charge on any atom is 0.123 e. The molecule has 1 aromatic carbocycles. The van der Waals surface area contributed by atoms with Gasteiger partial charge in [-0.05, 0) is 48.4 Å². The van der Waals surface area contributed by atoms with Crippen molar-refractivity contribution in [1.82, 2.24) is 0 Å². The van der Waals surface area contributed by atoms with E-state index < -0.39 is 0 Å². The summed E-state index contributed by atoms with van der Waals surface area (Å²) in [6.45, 7) is 6.52. The highest BCUT2D eigenvalue weighted by atomic mass is 19.1. The van der Waals surface area contributed by atoms with E-state index in [0.29, 0.717) is 5.92 Å². The second kappa shape index (κ2) is 5.89. The molecule has 1 rings (SSSR count). The van der Waals surface area contributed by atoms with Crippen molar-refractivity contribution in [3.05, 3.63) is 35.1 Å². The Morgan fingerprint density at radius 2 is 1.80 bits per heavy atom. The highest BCUT2D eigenvalue weighted by Gasteiger charge is 2.12. The smallest absolute Gasteiger partial charge is 0.123 e. The molecule has 0 aromatic heterocycles. The van der Waals surface area contributed by atoms with Crippen LogP contribution in [-0.4, -0.2) is 0 Å². The molecule has 0 N–H and O–H groups in total. The summed E-state index contributed by atoms with van der Waals surface area (Å²) in [5.41, 5.74) is 2.55. The predicted molar refractivity (Wildman–Crippen MR) is 63.7 cm³/mol. The molecule has 0 radical (unpaired) electrons. The summed E-state index contributed by atoms with van der Waals surface area (Å²) in [6, 6.07) is 5.26. The molecule has 1 heteroatoms. The topological polar surface area (TPSA) is 0 Å². The van der Waals surface area contributed by atoms with Gasteiger partial charge in [-0.15, -0.1) is 0 Å². The molecular formula is C14H21F. The molecule has 0 aliphatic carbocycles. The lowest BCUT2D eigenvalue weighted by Crippen LogP contribution is -2.02. The first-order valence-electron chi connectivity index (χ1n) is 6.01. The molecule has 0 bridgehead atoms. The van der Waals surface area contributed by atoms with Gasteiger partial charge >= 0.3 is 0 Å². The van der Waals surface area contributed by atoms with Crippen molar-refractivity contribution < 1.29 is 4.39 Å². The van der Waals surface area contributed by atoms with Crippen molar-refractivity contribution >= 4 is 0 Å². The van der Waals surface area contributed by atoms with Gasteiger partial charge in [0.05, 0.1) is 0 Å². The van der Waals surface area contributed by atoms with Crippen molar-refractivity contribution in [2.75, 3.05) is 0 Å². The molecule has 0 amide bonds. The zero-order chi connectivity index (χ0) is 11.3. The quantitative estimate of drug-likeness (QED) is 0.659. The Morgan fingerprint density at radius 1 is 1.13 bits per heavy atom. The van der Waals surface area contributed by atoms with Crippen LogP contribution < -0.4 is 0 Å². The molecule has 84 valence electrons. The first-order chi connectivity index (χ1) is 7.22. The van der Waals surface area contributed by atoms with Gasteiger partial charge in [0.1, 0.15) is 5.82 Å². The number of halogens is 1. The third kappa shape index (κ3) is 3.05. The average Bonchev–Trinajstić information content (AvgIpc) is 2.24. The standard InChI is InChI=1S/C14H21F/c1-4-7-12-8-9-13(15)10-14(12)11(5-2)6-3/h8-11H,4-7H2,1-3H3. The van der Waals surface area contributed by atoms with E-state index in [4.69, 9.17) is 0 Å². The first kappa shape index (κ1) is 12.2.